The number of carbonyl (C=O) groups excluding carboxylic acids is 1. The topological polar surface area (TPSA) is 67.6 Å². The van der Waals surface area contributed by atoms with Crippen molar-refractivity contribution in [2.75, 3.05) is 39.4 Å². The first-order valence-electron chi connectivity index (χ1n) is 9.30. The summed E-state index contributed by atoms with van der Waals surface area (Å²) in [5.74, 6) is 1.49. The summed E-state index contributed by atoms with van der Waals surface area (Å²) in [5.41, 5.74) is 0.612. The minimum atomic E-state index is -0.369. The molecule has 0 saturated carbocycles. The smallest absolute Gasteiger partial charge is 0.230 e. The summed E-state index contributed by atoms with van der Waals surface area (Å²) in [6, 6.07) is 2.05. The van der Waals surface area contributed by atoms with Gasteiger partial charge >= 0.3 is 0 Å². The van der Waals surface area contributed by atoms with Crippen molar-refractivity contribution >= 4 is 5.91 Å². The predicted molar refractivity (Wildman–Crippen MR) is 88.7 cm³/mol. The molecule has 0 bridgehead atoms. The third-order valence-corrected chi connectivity index (χ3v) is 5.76. The summed E-state index contributed by atoms with van der Waals surface area (Å²) in [6.07, 6.45) is 5.88. The van der Waals surface area contributed by atoms with E-state index in [1.54, 1.807) is 0 Å². The third-order valence-electron chi connectivity index (χ3n) is 5.76. The van der Waals surface area contributed by atoms with E-state index < -0.39 is 0 Å². The quantitative estimate of drug-likeness (QED) is 0.908. The Morgan fingerprint density at radius 1 is 1.38 bits per heavy atom. The van der Waals surface area contributed by atoms with E-state index in [-0.39, 0.29) is 5.41 Å². The summed E-state index contributed by atoms with van der Waals surface area (Å²) in [5, 5.41) is 7.68. The SMILES string of the molecule is O=C(N1CCCC1)[C@@]1(Cc2cc([C@@H]3CCOC3)no2)CCCNC1. The largest absolute Gasteiger partial charge is 0.381 e. The first-order chi connectivity index (χ1) is 11.8. The van der Waals surface area contributed by atoms with Gasteiger partial charge in [0.05, 0.1) is 17.7 Å². The van der Waals surface area contributed by atoms with E-state index in [0.29, 0.717) is 18.2 Å². The second kappa shape index (κ2) is 6.84. The highest BCUT2D eigenvalue weighted by Crippen LogP contribution is 2.35. The van der Waals surface area contributed by atoms with Crippen molar-refractivity contribution in [2.45, 2.75) is 44.4 Å². The molecule has 1 aromatic heterocycles. The van der Waals surface area contributed by atoms with Gasteiger partial charge in [0.15, 0.2) is 0 Å². The van der Waals surface area contributed by atoms with Gasteiger partial charge in [0.1, 0.15) is 5.76 Å². The Bertz CT molecular complexity index is 568. The summed E-state index contributed by atoms with van der Waals surface area (Å²) >= 11 is 0. The first kappa shape index (κ1) is 16.1. The third kappa shape index (κ3) is 3.09. The van der Waals surface area contributed by atoms with Crippen LogP contribution in [0.25, 0.3) is 0 Å². The fraction of sp³-hybridized carbons (Fsp3) is 0.778. The minimum Gasteiger partial charge on any atom is -0.381 e. The molecule has 0 aromatic carbocycles. The molecule has 0 unspecified atom stereocenters. The molecule has 0 spiro atoms. The van der Waals surface area contributed by atoms with Crippen LogP contribution < -0.4 is 5.32 Å². The number of likely N-dealkylation sites (tertiary alicyclic amines) is 1. The molecule has 3 aliphatic rings. The zero-order chi connectivity index (χ0) is 16.4. The Kier molecular flexibility index (Phi) is 4.59. The lowest BCUT2D eigenvalue weighted by molar-refractivity contribution is -0.142. The molecular weight excluding hydrogens is 306 g/mol. The van der Waals surface area contributed by atoms with E-state index >= 15 is 0 Å². The monoisotopic (exact) mass is 333 g/mol. The van der Waals surface area contributed by atoms with Gasteiger partial charge in [-0.2, -0.15) is 0 Å². The van der Waals surface area contributed by atoms with Gasteiger partial charge in [0, 0.05) is 44.6 Å². The van der Waals surface area contributed by atoms with E-state index in [1.165, 1.54) is 0 Å². The normalized spacial score (nSPS) is 30.8. The number of amides is 1. The lowest BCUT2D eigenvalue weighted by atomic mass is 9.75. The van der Waals surface area contributed by atoms with Crippen molar-refractivity contribution in [3.63, 3.8) is 0 Å². The Hall–Kier alpha value is -1.40. The molecule has 2 atom stereocenters. The highest BCUT2D eigenvalue weighted by atomic mass is 16.5. The van der Waals surface area contributed by atoms with Crippen LogP contribution in [-0.4, -0.2) is 55.4 Å². The molecule has 1 aromatic rings. The van der Waals surface area contributed by atoms with Crippen LogP contribution in [0.15, 0.2) is 10.6 Å². The molecule has 4 heterocycles. The molecule has 3 fully saturated rings. The standard InChI is InChI=1S/C18H27N3O3/c22-17(21-7-1-2-8-21)18(5-3-6-19-13-18)11-15-10-16(20-24-15)14-4-9-23-12-14/h10,14,19H,1-9,11-13H2/t14-,18-/m1/s1. The molecule has 1 N–H and O–H groups in total. The van der Waals surface area contributed by atoms with Crippen molar-refractivity contribution in [1.82, 2.24) is 15.4 Å². The Labute approximate surface area is 142 Å². The Morgan fingerprint density at radius 2 is 2.25 bits per heavy atom. The van der Waals surface area contributed by atoms with Crippen molar-refractivity contribution in [3.05, 3.63) is 17.5 Å². The summed E-state index contributed by atoms with van der Waals surface area (Å²) in [7, 11) is 0. The van der Waals surface area contributed by atoms with Crippen LogP contribution in [0.1, 0.15) is 49.5 Å². The van der Waals surface area contributed by atoms with Crippen molar-refractivity contribution in [1.29, 1.82) is 0 Å². The van der Waals surface area contributed by atoms with E-state index in [1.807, 2.05) is 6.07 Å². The van der Waals surface area contributed by atoms with Crippen molar-refractivity contribution < 1.29 is 14.1 Å². The number of piperidine rings is 1. The number of carbonyl (C=O) groups is 1. The van der Waals surface area contributed by atoms with Crippen molar-refractivity contribution in [3.8, 4) is 0 Å². The molecule has 0 radical (unpaired) electrons. The second-order valence-electron chi connectivity index (χ2n) is 7.52. The van der Waals surface area contributed by atoms with E-state index in [9.17, 15) is 4.79 Å². The van der Waals surface area contributed by atoms with Crippen LogP contribution >= 0.6 is 0 Å². The lowest BCUT2D eigenvalue weighted by Gasteiger charge is -2.38. The van der Waals surface area contributed by atoms with E-state index in [2.05, 4.69) is 15.4 Å². The predicted octanol–water partition coefficient (Wildman–Crippen LogP) is 1.71. The van der Waals surface area contributed by atoms with Gasteiger partial charge in [-0.25, -0.2) is 0 Å². The maximum Gasteiger partial charge on any atom is 0.230 e. The Balaban J connectivity index is 1.52. The Morgan fingerprint density at radius 3 is 2.96 bits per heavy atom. The summed E-state index contributed by atoms with van der Waals surface area (Å²) in [4.78, 5) is 15.2. The molecule has 1 amide bonds. The summed E-state index contributed by atoms with van der Waals surface area (Å²) in [6.45, 7) is 5.07. The first-order valence-corrected chi connectivity index (χ1v) is 9.30. The maximum absolute atomic E-state index is 13.2. The van der Waals surface area contributed by atoms with Gasteiger partial charge in [-0.3, -0.25) is 4.79 Å². The molecule has 3 saturated heterocycles. The zero-order valence-corrected chi connectivity index (χ0v) is 14.3. The van der Waals surface area contributed by atoms with Crippen molar-refractivity contribution in [2.24, 2.45) is 5.41 Å². The minimum absolute atomic E-state index is 0.300. The number of rotatable bonds is 4. The highest BCUT2D eigenvalue weighted by molar-refractivity contribution is 5.83. The molecule has 4 rings (SSSR count). The molecule has 3 aliphatic heterocycles. The molecule has 6 nitrogen and oxygen atoms in total. The number of nitrogens with one attached hydrogen (secondary N) is 1. The molecule has 6 heteroatoms. The fourth-order valence-electron chi connectivity index (χ4n) is 4.34. The van der Waals surface area contributed by atoms with Crippen LogP contribution in [0.5, 0.6) is 0 Å². The second-order valence-corrected chi connectivity index (χ2v) is 7.52. The molecule has 24 heavy (non-hydrogen) atoms. The molecule has 132 valence electrons. The van der Waals surface area contributed by atoms with Gasteiger partial charge in [-0.05, 0) is 38.6 Å². The van der Waals surface area contributed by atoms with Crippen LogP contribution in [0, 0.1) is 5.41 Å². The fourth-order valence-corrected chi connectivity index (χ4v) is 4.34. The van der Waals surface area contributed by atoms with Crippen LogP contribution in [0.4, 0.5) is 0 Å². The van der Waals surface area contributed by atoms with Crippen LogP contribution in [-0.2, 0) is 16.0 Å². The van der Waals surface area contributed by atoms with E-state index in [0.717, 1.165) is 83.0 Å². The van der Waals surface area contributed by atoms with Gasteiger partial charge in [-0.15, -0.1) is 0 Å². The van der Waals surface area contributed by atoms with Gasteiger partial charge in [0.25, 0.3) is 0 Å². The lowest BCUT2D eigenvalue weighted by Crippen LogP contribution is -2.52. The van der Waals surface area contributed by atoms with Gasteiger partial charge in [-0.1, -0.05) is 5.16 Å². The number of ether oxygens (including phenoxy) is 1. The van der Waals surface area contributed by atoms with Crippen LogP contribution in [0.3, 0.4) is 0 Å². The maximum atomic E-state index is 13.2. The number of hydrogen-bond donors (Lipinski definition) is 1. The number of aromatic nitrogens is 1. The number of nitrogens with zero attached hydrogens (tertiary/aromatic N) is 2. The van der Waals surface area contributed by atoms with Gasteiger partial charge < -0.3 is 19.5 Å². The average molecular weight is 333 g/mol. The van der Waals surface area contributed by atoms with Crippen LogP contribution in [0.2, 0.25) is 0 Å². The summed E-state index contributed by atoms with van der Waals surface area (Å²) < 4.78 is 11.1. The average Bonchev–Trinajstić information content (AvgIpc) is 3.36. The number of hydrogen-bond acceptors (Lipinski definition) is 5. The zero-order valence-electron chi connectivity index (χ0n) is 14.3. The van der Waals surface area contributed by atoms with Gasteiger partial charge in [0.2, 0.25) is 5.91 Å². The molecule has 0 aliphatic carbocycles. The molecular formula is C18H27N3O3. The van der Waals surface area contributed by atoms with E-state index in [4.69, 9.17) is 9.26 Å². The highest BCUT2D eigenvalue weighted by Gasteiger charge is 2.43.